The van der Waals surface area contributed by atoms with Crippen LogP contribution in [0, 0.1) is 0 Å². The van der Waals surface area contributed by atoms with Crippen molar-refractivity contribution in [3.63, 3.8) is 0 Å². The Morgan fingerprint density at radius 1 is 1.24 bits per heavy atom. The van der Waals surface area contributed by atoms with Gasteiger partial charge in [-0.15, -0.1) is 0 Å². The maximum Gasteiger partial charge on any atom is 0.258 e. The molecule has 0 saturated heterocycles. The van der Waals surface area contributed by atoms with E-state index in [4.69, 9.17) is 4.98 Å². The zero-order valence-corrected chi connectivity index (χ0v) is 18.4. The summed E-state index contributed by atoms with van der Waals surface area (Å²) in [6.07, 6.45) is 10.3. The van der Waals surface area contributed by atoms with Gasteiger partial charge in [-0.05, 0) is 44.2 Å². The number of hydrogen-bond donors (Lipinski definition) is 0. The summed E-state index contributed by atoms with van der Waals surface area (Å²) in [6, 6.07) is 5.33. The third kappa shape index (κ3) is 3.42. The highest BCUT2D eigenvalue weighted by molar-refractivity contribution is 14.2. The Bertz CT molecular complexity index is 1250. The van der Waals surface area contributed by atoms with Crippen molar-refractivity contribution in [1.29, 1.82) is 0 Å². The van der Waals surface area contributed by atoms with E-state index in [-0.39, 0.29) is 11.4 Å². The van der Waals surface area contributed by atoms with E-state index in [0.29, 0.717) is 5.65 Å². The topological polar surface area (TPSA) is 40.9 Å². The molecule has 5 heterocycles. The molecule has 3 aliphatic heterocycles. The van der Waals surface area contributed by atoms with Crippen LogP contribution >= 0.6 is 20.7 Å². The maximum atomic E-state index is 14.6. The number of halogens is 2. The van der Waals surface area contributed by atoms with Gasteiger partial charge < -0.3 is 9.80 Å². The van der Waals surface area contributed by atoms with E-state index >= 15 is 0 Å². The highest BCUT2D eigenvalue weighted by atomic mass is 127. The zero-order valence-electron chi connectivity index (χ0n) is 16.2. The van der Waals surface area contributed by atoms with Crippen molar-refractivity contribution in [3.8, 4) is 0 Å². The van der Waals surface area contributed by atoms with Crippen molar-refractivity contribution in [2.75, 3.05) is 20.1 Å². The van der Waals surface area contributed by atoms with Gasteiger partial charge in [-0.1, -0.05) is 26.8 Å². The fraction of sp³-hybridized carbons (Fsp3) is 0.227. The summed E-state index contributed by atoms with van der Waals surface area (Å²) in [5.41, 5.74) is 3.89. The molecule has 0 radical (unpaired) electrons. The van der Waals surface area contributed by atoms with Crippen molar-refractivity contribution in [1.82, 2.24) is 19.2 Å². The lowest BCUT2D eigenvalue weighted by atomic mass is 10.0. The number of nitrogens with zero attached hydrogens (tertiary/aromatic N) is 4. The van der Waals surface area contributed by atoms with Gasteiger partial charge in [-0.3, -0.25) is 9.20 Å². The van der Waals surface area contributed by atoms with E-state index in [2.05, 4.69) is 18.0 Å². The fourth-order valence-electron chi connectivity index (χ4n) is 3.71. The smallest absolute Gasteiger partial charge is 0.258 e. The number of allylic oxidation sites excluding steroid dienone is 3. The molecule has 2 aromatic heterocycles. The van der Waals surface area contributed by atoms with Crippen molar-refractivity contribution in [3.05, 3.63) is 80.0 Å². The van der Waals surface area contributed by atoms with Crippen molar-refractivity contribution in [2.24, 2.45) is 0 Å². The Hall–Kier alpha value is -2.39. The van der Waals surface area contributed by atoms with Gasteiger partial charge in [0.25, 0.3) is 5.56 Å². The van der Waals surface area contributed by atoms with E-state index in [9.17, 15) is 9.18 Å². The monoisotopic (exact) mass is 502 g/mol. The maximum absolute atomic E-state index is 14.6. The molecular formula is C22H20FIN4O. The van der Waals surface area contributed by atoms with Gasteiger partial charge in [0.05, 0.1) is 5.69 Å². The molecule has 0 aliphatic carbocycles. The van der Waals surface area contributed by atoms with E-state index in [1.807, 2.05) is 36.4 Å². The summed E-state index contributed by atoms with van der Waals surface area (Å²) < 4.78 is 18.1. The Morgan fingerprint density at radius 3 is 2.90 bits per heavy atom. The Balaban J connectivity index is 1.54. The van der Waals surface area contributed by atoms with Gasteiger partial charge in [0.2, 0.25) is 0 Å². The van der Waals surface area contributed by atoms with Crippen LogP contribution in [0.5, 0.6) is 0 Å². The molecular weight excluding hydrogens is 482 g/mol. The van der Waals surface area contributed by atoms with Gasteiger partial charge in [-0.2, -0.15) is 0 Å². The molecule has 0 unspecified atom stereocenters. The molecule has 29 heavy (non-hydrogen) atoms. The summed E-state index contributed by atoms with van der Waals surface area (Å²) >= 11 is -0.417. The standard InChI is InChI=1S/C22H20FIN4O/c1-14-11-27-12-17(9-18(23)22(27)24-14)16-3-4-20-25-19(10-21(29)28(20)13-16)15-5-7-26(2)8-6-15/h3-5,9-13H,6-8H2,1-2H3. The molecule has 5 rings (SSSR count). The average Bonchev–Trinajstić information content (AvgIpc) is 3.09. The molecule has 0 bridgehead atoms. The summed E-state index contributed by atoms with van der Waals surface area (Å²) in [7, 11) is 2.08. The molecule has 0 fully saturated rings. The summed E-state index contributed by atoms with van der Waals surface area (Å²) in [4.78, 5) is 21.6. The van der Waals surface area contributed by atoms with Crippen LogP contribution in [-0.4, -0.2) is 43.0 Å². The number of rotatable bonds is 2. The predicted octanol–water partition coefficient (Wildman–Crippen LogP) is 3.90. The van der Waals surface area contributed by atoms with E-state index in [1.54, 1.807) is 18.3 Å². The fourth-order valence-corrected chi connectivity index (χ4v) is 5.92. The second kappa shape index (κ2) is 7.14. The summed E-state index contributed by atoms with van der Waals surface area (Å²) in [5, 5.41) is 0. The van der Waals surface area contributed by atoms with Crippen LogP contribution in [0.1, 0.15) is 24.6 Å². The molecule has 3 aliphatic rings. The average molecular weight is 502 g/mol. The van der Waals surface area contributed by atoms with Gasteiger partial charge in [0.15, 0.2) is 5.83 Å². The largest absolute Gasteiger partial charge is 0.315 e. The summed E-state index contributed by atoms with van der Waals surface area (Å²) in [6.45, 7) is 3.87. The van der Waals surface area contributed by atoms with Crippen LogP contribution in [0.25, 0.3) is 16.8 Å². The molecule has 0 aromatic carbocycles. The highest BCUT2D eigenvalue weighted by Gasteiger charge is 2.23. The van der Waals surface area contributed by atoms with Crippen molar-refractivity contribution < 1.29 is 4.39 Å². The van der Waals surface area contributed by atoms with Crippen molar-refractivity contribution >= 4 is 41.2 Å². The lowest BCUT2D eigenvalue weighted by Crippen LogP contribution is -2.24. The SMILES string of the molecule is CC1=CN2C=C(c3ccc4nc(C5=CCN(C)CC5)cc(=O)n4c3)C=C(F)C2=I1. The van der Waals surface area contributed by atoms with E-state index in [1.165, 1.54) is 7.98 Å². The Kier molecular flexibility index (Phi) is 4.59. The number of fused-ring (bicyclic) bond motifs is 2. The number of pyridine rings is 1. The van der Waals surface area contributed by atoms with Crippen LogP contribution in [0.2, 0.25) is 0 Å². The van der Waals surface area contributed by atoms with Crippen LogP contribution in [0.15, 0.2) is 63.1 Å². The predicted molar refractivity (Wildman–Crippen MR) is 123 cm³/mol. The lowest BCUT2D eigenvalue weighted by Gasteiger charge is -2.22. The molecule has 7 heteroatoms. The third-order valence-corrected chi connectivity index (χ3v) is 7.99. The first-order valence-corrected chi connectivity index (χ1v) is 11.6. The van der Waals surface area contributed by atoms with Gasteiger partial charge in [0, 0.05) is 52.5 Å². The first-order valence-electron chi connectivity index (χ1n) is 9.48. The molecule has 148 valence electrons. The first-order chi connectivity index (χ1) is 14.0. The molecule has 0 N–H and O–H groups in total. The lowest BCUT2D eigenvalue weighted by molar-refractivity contribution is 0.369. The minimum absolute atomic E-state index is 0.123. The number of hydrogen-bond acceptors (Lipinski definition) is 4. The Labute approximate surface area is 177 Å². The van der Waals surface area contributed by atoms with Gasteiger partial charge >= 0.3 is 0 Å². The minimum atomic E-state index is -0.417. The first kappa shape index (κ1) is 18.6. The van der Waals surface area contributed by atoms with Gasteiger partial charge in [-0.25, -0.2) is 9.37 Å². The molecule has 0 saturated carbocycles. The molecule has 2 aromatic rings. The third-order valence-electron chi connectivity index (χ3n) is 5.27. The van der Waals surface area contributed by atoms with Crippen LogP contribution < -0.4 is 5.56 Å². The second-order valence-electron chi connectivity index (χ2n) is 7.45. The van der Waals surface area contributed by atoms with Crippen LogP contribution in [-0.2, 0) is 0 Å². The van der Waals surface area contributed by atoms with E-state index < -0.39 is 20.7 Å². The molecule has 0 spiro atoms. The Morgan fingerprint density at radius 2 is 2.10 bits per heavy atom. The van der Waals surface area contributed by atoms with Crippen LogP contribution in [0.3, 0.4) is 0 Å². The molecule has 5 nitrogen and oxygen atoms in total. The summed E-state index contributed by atoms with van der Waals surface area (Å²) in [5.74, 6) is -0.182. The molecule has 0 amide bonds. The number of likely N-dealkylation sites (N-methyl/N-ethyl adjacent to an activating group) is 1. The quantitative estimate of drug-likeness (QED) is 0.585. The minimum Gasteiger partial charge on any atom is -0.315 e. The normalized spacial score (nSPS) is 19.7. The number of aromatic nitrogens is 2. The molecule has 0 atom stereocenters. The zero-order chi connectivity index (χ0) is 20.1. The van der Waals surface area contributed by atoms with Crippen LogP contribution in [0.4, 0.5) is 4.39 Å². The van der Waals surface area contributed by atoms with Crippen molar-refractivity contribution in [2.45, 2.75) is 13.3 Å². The second-order valence-corrected chi connectivity index (χ2v) is 10.7. The van der Waals surface area contributed by atoms with Gasteiger partial charge in [0.1, 0.15) is 9.28 Å². The highest BCUT2D eigenvalue weighted by Crippen LogP contribution is 2.35. The van der Waals surface area contributed by atoms with E-state index in [0.717, 1.165) is 45.5 Å².